The van der Waals surface area contributed by atoms with Crippen molar-refractivity contribution >= 4 is 41.2 Å². The standard InChI is InChI=1S/C21H19ClN2O5/c1-11-5-12(2)7-14(6-11)24-20(26)15(19(25)23-21(24)27)8-13-9-16(22)18(29-4)17(10-13)28-3/h5-10H,1-4H3,(H,23,25,27)/b15-8+. The van der Waals surface area contributed by atoms with Crippen molar-refractivity contribution < 1.29 is 23.9 Å². The van der Waals surface area contributed by atoms with E-state index in [4.69, 9.17) is 21.1 Å². The number of carbonyl (C=O) groups excluding carboxylic acids is 3. The summed E-state index contributed by atoms with van der Waals surface area (Å²) in [6, 6.07) is 7.64. The molecule has 1 saturated heterocycles. The van der Waals surface area contributed by atoms with Gasteiger partial charge in [-0.1, -0.05) is 17.7 Å². The minimum absolute atomic E-state index is 0.202. The van der Waals surface area contributed by atoms with Crippen molar-refractivity contribution in [3.8, 4) is 11.5 Å². The lowest BCUT2D eigenvalue weighted by molar-refractivity contribution is -0.122. The molecule has 3 rings (SSSR count). The average molecular weight is 415 g/mol. The van der Waals surface area contributed by atoms with Gasteiger partial charge in [-0.25, -0.2) is 9.69 Å². The number of hydrogen-bond acceptors (Lipinski definition) is 5. The third kappa shape index (κ3) is 3.95. The smallest absolute Gasteiger partial charge is 0.335 e. The molecule has 1 N–H and O–H groups in total. The number of rotatable bonds is 4. The molecule has 2 aromatic rings. The Bertz CT molecular complexity index is 1040. The molecule has 0 spiro atoms. The average Bonchev–Trinajstić information content (AvgIpc) is 2.63. The van der Waals surface area contributed by atoms with E-state index < -0.39 is 17.8 Å². The van der Waals surface area contributed by atoms with Crippen molar-refractivity contribution in [1.82, 2.24) is 5.32 Å². The second-order valence-corrected chi connectivity index (χ2v) is 6.95. The number of carbonyl (C=O) groups is 3. The summed E-state index contributed by atoms with van der Waals surface area (Å²) in [6.45, 7) is 3.72. The Morgan fingerprint density at radius 1 is 0.966 bits per heavy atom. The molecule has 150 valence electrons. The van der Waals surface area contributed by atoms with E-state index in [1.54, 1.807) is 18.2 Å². The molecule has 0 aromatic heterocycles. The summed E-state index contributed by atoms with van der Waals surface area (Å²) in [5.41, 5.74) is 2.39. The van der Waals surface area contributed by atoms with E-state index >= 15 is 0 Å². The van der Waals surface area contributed by atoms with Crippen molar-refractivity contribution in [3.63, 3.8) is 0 Å². The van der Waals surface area contributed by atoms with Gasteiger partial charge in [0.2, 0.25) is 0 Å². The molecule has 0 bridgehead atoms. The van der Waals surface area contributed by atoms with Crippen LogP contribution in [0.3, 0.4) is 0 Å². The summed E-state index contributed by atoms with van der Waals surface area (Å²) in [7, 11) is 2.90. The number of nitrogens with zero attached hydrogens (tertiary/aromatic N) is 1. The number of aryl methyl sites for hydroxylation is 2. The number of anilines is 1. The van der Waals surface area contributed by atoms with Gasteiger partial charge in [-0.2, -0.15) is 0 Å². The van der Waals surface area contributed by atoms with Gasteiger partial charge in [-0.15, -0.1) is 0 Å². The fourth-order valence-corrected chi connectivity index (χ4v) is 3.46. The van der Waals surface area contributed by atoms with Crippen molar-refractivity contribution in [2.24, 2.45) is 0 Å². The van der Waals surface area contributed by atoms with Crippen LogP contribution in [0.4, 0.5) is 10.5 Å². The highest BCUT2D eigenvalue weighted by molar-refractivity contribution is 6.39. The third-order valence-electron chi connectivity index (χ3n) is 4.33. The molecule has 7 nitrogen and oxygen atoms in total. The largest absolute Gasteiger partial charge is 0.493 e. The van der Waals surface area contributed by atoms with E-state index in [1.807, 2.05) is 19.9 Å². The molecule has 1 heterocycles. The van der Waals surface area contributed by atoms with Crippen molar-refractivity contribution in [2.45, 2.75) is 13.8 Å². The number of amides is 4. The van der Waals surface area contributed by atoms with E-state index in [-0.39, 0.29) is 10.6 Å². The van der Waals surface area contributed by atoms with E-state index in [0.29, 0.717) is 22.7 Å². The number of barbiturate groups is 1. The van der Waals surface area contributed by atoms with Crippen LogP contribution in [0.2, 0.25) is 5.02 Å². The van der Waals surface area contributed by atoms with Crippen molar-refractivity contribution in [3.05, 3.63) is 57.6 Å². The van der Waals surface area contributed by atoms with Gasteiger partial charge in [0.15, 0.2) is 11.5 Å². The fraction of sp³-hybridized carbons (Fsp3) is 0.190. The highest BCUT2D eigenvalue weighted by Crippen LogP contribution is 2.37. The van der Waals surface area contributed by atoms with Crippen LogP contribution < -0.4 is 19.7 Å². The first-order valence-electron chi connectivity index (χ1n) is 8.66. The molecule has 1 aliphatic heterocycles. The van der Waals surface area contributed by atoms with E-state index in [0.717, 1.165) is 16.0 Å². The summed E-state index contributed by atoms with van der Waals surface area (Å²) in [5.74, 6) is -0.832. The molecule has 0 atom stereocenters. The van der Waals surface area contributed by atoms with Gasteiger partial charge in [0.25, 0.3) is 11.8 Å². The Balaban J connectivity index is 2.07. The van der Waals surface area contributed by atoms with Gasteiger partial charge < -0.3 is 9.47 Å². The van der Waals surface area contributed by atoms with Crippen molar-refractivity contribution in [1.29, 1.82) is 0 Å². The second kappa shape index (κ2) is 7.97. The van der Waals surface area contributed by atoms with Gasteiger partial charge in [0, 0.05) is 0 Å². The molecule has 0 saturated carbocycles. The summed E-state index contributed by atoms with van der Waals surface area (Å²) in [4.78, 5) is 38.7. The molecule has 29 heavy (non-hydrogen) atoms. The summed E-state index contributed by atoms with van der Waals surface area (Å²) in [5, 5.41) is 2.46. The van der Waals surface area contributed by atoms with Gasteiger partial charge in [-0.05, 0) is 60.9 Å². The molecule has 4 amide bonds. The van der Waals surface area contributed by atoms with Gasteiger partial charge in [-0.3, -0.25) is 14.9 Å². The Morgan fingerprint density at radius 3 is 2.21 bits per heavy atom. The van der Waals surface area contributed by atoms with Gasteiger partial charge in [0.1, 0.15) is 5.57 Å². The Kier molecular flexibility index (Phi) is 5.61. The molecular weight excluding hydrogens is 396 g/mol. The second-order valence-electron chi connectivity index (χ2n) is 6.54. The number of ether oxygens (including phenoxy) is 2. The van der Waals surface area contributed by atoms with Crippen LogP contribution in [0.5, 0.6) is 11.5 Å². The van der Waals surface area contributed by atoms with Crippen LogP contribution in [0, 0.1) is 13.8 Å². The number of halogens is 1. The molecule has 1 fully saturated rings. The number of urea groups is 1. The lowest BCUT2D eigenvalue weighted by atomic mass is 10.0. The zero-order valence-corrected chi connectivity index (χ0v) is 17.1. The van der Waals surface area contributed by atoms with Crippen LogP contribution in [0.1, 0.15) is 16.7 Å². The monoisotopic (exact) mass is 414 g/mol. The first kappa shape index (κ1) is 20.4. The molecular formula is C21H19ClN2O5. The lowest BCUT2D eigenvalue weighted by Crippen LogP contribution is -2.54. The number of benzene rings is 2. The molecule has 0 radical (unpaired) electrons. The van der Waals surface area contributed by atoms with Gasteiger partial charge >= 0.3 is 6.03 Å². The van der Waals surface area contributed by atoms with Crippen LogP contribution in [0.25, 0.3) is 6.08 Å². The molecule has 1 aliphatic rings. The van der Waals surface area contributed by atoms with E-state index in [2.05, 4.69) is 5.32 Å². The lowest BCUT2D eigenvalue weighted by Gasteiger charge is -2.27. The summed E-state index contributed by atoms with van der Waals surface area (Å²) >= 11 is 6.20. The number of hydrogen-bond donors (Lipinski definition) is 1. The van der Waals surface area contributed by atoms with E-state index in [1.165, 1.54) is 26.4 Å². The van der Waals surface area contributed by atoms with Crippen LogP contribution in [-0.4, -0.2) is 32.1 Å². The Hall–Kier alpha value is -3.32. The molecule has 0 aliphatic carbocycles. The maximum atomic E-state index is 13.0. The highest BCUT2D eigenvalue weighted by Gasteiger charge is 2.37. The number of nitrogens with one attached hydrogen (secondary N) is 1. The van der Waals surface area contributed by atoms with Crippen molar-refractivity contribution in [2.75, 3.05) is 19.1 Å². The zero-order chi connectivity index (χ0) is 21.3. The normalized spacial score (nSPS) is 15.6. The molecule has 0 unspecified atom stereocenters. The predicted octanol–water partition coefficient (Wildman–Crippen LogP) is 3.64. The van der Waals surface area contributed by atoms with Crippen LogP contribution in [0.15, 0.2) is 35.9 Å². The van der Waals surface area contributed by atoms with E-state index in [9.17, 15) is 14.4 Å². The first-order valence-corrected chi connectivity index (χ1v) is 9.04. The minimum Gasteiger partial charge on any atom is -0.493 e. The number of methoxy groups -OCH3 is 2. The maximum Gasteiger partial charge on any atom is 0.335 e. The Labute approximate surface area is 172 Å². The Morgan fingerprint density at radius 2 is 1.62 bits per heavy atom. The minimum atomic E-state index is -0.799. The summed E-state index contributed by atoms with van der Waals surface area (Å²) < 4.78 is 10.4. The zero-order valence-electron chi connectivity index (χ0n) is 16.3. The third-order valence-corrected chi connectivity index (χ3v) is 4.61. The highest BCUT2D eigenvalue weighted by atomic mass is 35.5. The quantitative estimate of drug-likeness (QED) is 0.609. The van der Waals surface area contributed by atoms with Gasteiger partial charge in [0.05, 0.1) is 24.9 Å². The maximum absolute atomic E-state index is 13.0. The fourth-order valence-electron chi connectivity index (χ4n) is 3.16. The molecule has 2 aromatic carbocycles. The SMILES string of the molecule is COc1cc(/C=C2\C(=O)NC(=O)N(c3cc(C)cc(C)c3)C2=O)cc(Cl)c1OC. The topological polar surface area (TPSA) is 84.9 Å². The summed E-state index contributed by atoms with van der Waals surface area (Å²) in [6.07, 6.45) is 1.35. The number of imide groups is 2. The van der Waals surface area contributed by atoms with Crippen LogP contribution in [-0.2, 0) is 9.59 Å². The first-order chi connectivity index (χ1) is 13.7. The predicted molar refractivity (Wildman–Crippen MR) is 109 cm³/mol. The van der Waals surface area contributed by atoms with Crippen LogP contribution >= 0.6 is 11.6 Å². The molecule has 8 heteroatoms.